The van der Waals surface area contributed by atoms with E-state index in [1.807, 2.05) is 69.3 Å². The first kappa shape index (κ1) is 21.5. The molecule has 0 saturated carbocycles. The Morgan fingerprint density at radius 3 is 2.25 bits per heavy atom. The molecule has 2 amide bonds. The molecule has 0 spiro atoms. The predicted octanol–water partition coefficient (Wildman–Crippen LogP) is 3.49. The Hall–Kier alpha value is -2.82. The van der Waals surface area contributed by atoms with E-state index in [0.717, 1.165) is 22.4 Å². The second-order valence-corrected chi connectivity index (χ2v) is 7.31. The molecule has 0 fully saturated rings. The zero-order chi connectivity index (χ0) is 20.7. The lowest BCUT2D eigenvalue weighted by molar-refractivity contribution is -0.140. The molecule has 0 radical (unpaired) electrons. The molecule has 0 aliphatic rings. The van der Waals surface area contributed by atoms with Crippen LogP contribution in [0.25, 0.3) is 0 Å². The molecule has 1 atom stereocenters. The van der Waals surface area contributed by atoms with Crippen molar-refractivity contribution in [2.75, 3.05) is 7.11 Å². The number of benzene rings is 2. The topological polar surface area (TPSA) is 58.6 Å². The average Bonchev–Trinajstić information content (AvgIpc) is 2.67. The number of amides is 2. The second-order valence-electron chi connectivity index (χ2n) is 7.31. The van der Waals surface area contributed by atoms with Gasteiger partial charge in [-0.05, 0) is 56.5 Å². The highest BCUT2D eigenvalue weighted by Gasteiger charge is 2.26. The third-order valence-corrected chi connectivity index (χ3v) is 4.71. The van der Waals surface area contributed by atoms with E-state index in [-0.39, 0.29) is 24.3 Å². The highest BCUT2D eigenvalue weighted by Crippen LogP contribution is 2.17. The Bertz CT molecular complexity index is 800. The van der Waals surface area contributed by atoms with Crippen molar-refractivity contribution in [3.63, 3.8) is 0 Å². The molecule has 1 N–H and O–H groups in total. The Labute approximate surface area is 167 Å². The van der Waals surface area contributed by atoms with Gasteiger partial charge < -0.3 is 15.0 Å². The smallest absolute Gasteiger partial charge is 0.242 e. The average molecular weight is 383 g/mol. The number of ether oxygens (including phenoxy) is 1. The molecule has 0 bridgehead atoms. The predicted molar refractivity (Wildman–Crippen MR) is 111 cm³/mol. The van der Waals surface area contributed by atoms with Gasteiger partial charge in [0.05, 0.1) is 13.5 Å². The van der Waals surface area contributed by atoms with Crippen LogP contribution in [-0.4, -0.2) is 35.9 Å². The number of rotatable bonds is 8. The standard InChI is InChI=1S/C23H30N2O3/c1-16(2)24-23(27)18(4)25(15-19-10-12-21(28-5)13-11-19)22(26)14-20-9-7-6-8-17(20)3/h6-13,16,18H,14-15H2,1-5H3,(H,24,27)/t18-/m0/s1. The van der Waals surface area contributed by atoms with Crippen LogP contribution in [0.15, 0.2) is 48.5 Å². The Kier molecular flexibility index (Phi) is 7.61. The van der Waals surface area contributed by atoms with E-state index in [9.17, 15) is 9.59 Å². The SMILES string of the molecule is COc1ccc(CN(C(=O)Cc2ccccc2C)[C@@H](C)C(=O)NC(C)C)cc1. The molecule has 2 aromatic carbocycles. The second kappa shape index (κ2) is 9.93. The van der Waals surface area contributed by atoms with Crippen LogP contribution in [0.5, 0.6) is 5.75 Å². The first-order chi connectivity index (χ1) is 13.3. The summed E-state index contributed by atoms with van der Waals surface area (Å²) in [6.07, 6.45) is 0.266. The van der Waals surface area contributed by atoms with Crippen LogP contribution in [-0.2, 0) is 22.6 Å². The lowest BCUT2D eigenvalue weighted by Gasteiger charge is -2.29. The van der Waals surface area contributed by atoms with Crippen molar-refractivity contribution < 1.29 is 14.3 Å². The summed E-state index contributed by atoms with van der Waals surface area (Å²) in [5.74, 6) is 0.533. The van der Waals surface area contributed by atoms with Crippen LogP contribution in [0.4, 0.5) is 0 Å². The molecule has 0 unspecified atom stereocenters. The summed E-state index contributed by atoms with van der Waals surface area (Å²) in [7, 11) is 1.62. The van der Waals surface area contributed by atoms with Crippen LogP contribution in [0.1, 0.15) is 37.5 Å². The van der Waals surface area contributed by atoms with Gasteiger partial charge in [-0.2, -0.15) is 0 Å². The molecule has 0 heterocycles. The molecular weight excluding hydrogens is 352 g/mol. The normalized spacial score (nSPS) is 11.8. The van der Waals surface area contributed by atoms with Crippen molar-refractivity contribution in [3.8, 4) is 5.75 Å². The number of hydrogen-bond donors (Lipinski definition) is 1. The van der Waals surface area contributed by atoms with Crippen LogP contribution in [0.3, 0.4) is 0 Å². The van der Waals surface area contributed by atoms with Gasteiger partial charge in [0.2, 0.25) is 11.8 Å². The molecule has 5 heteroatoms. The molecule has 150 valence electrons. The third-order valence-electron chi connectivity index (χ3n) is 4.71. The Morgan fingerprint density at radius 1 is 1.04 bits per heavy atom. The van der Waals surface area contributed by atoms with Crippen LogP contribution >= 0.6 is 0 Å². The molecule has 0 aliphatic heterocycles. The van der Waals surface area contributed by atoms with E-state index in [0.29, 0.717) is 6.54 Å². The van der Waals surface area contributed by atoms with Gasteiger partial charge in [-0.3, -0.25) is 9.59 Å². The summed E-state index contributed by atoms with van der Waals surface area (Å²) >= 11 is 0. The van der Waals surface area contributed by atoms with Gasteiger partial charge >= 0.3 is 0 Å². The first-order valence-corrected chi connectivity index (χ1v) is 9.59. The number of carbonyl (C=O) groups is 2. The highest BCUT2D eigenvalue weighted by atomic mass is 16.5. The van der Waals surface area contributed by atoms with Gasteiger partial charge in [0, 0.05) is 12.6 Å². The third kappa shape index (κ3) is 5.84. The maximum absolute atomic E-state index is 13.1. The van der Waals surface area contributed by atoms with E-state index >= 15 is 0 Å². The maximum Gasteiger partial charge on any atom is 0.242 e. The molecular formula is C23H30N2O3. The summed E-state index contributed by atoms with van der Waals surface area (Å²) in [5, 5.41) is 2.90. The molecule has 0 aliphatic carbocycles. The number of aryl methyl sites for hydroxylation is 1. The Morgan fingerprint density at radius 2 is 1.68 bits per heavy atom. The van der Waals surface area contributed by atoms with Gasteiger partial charge in [0.25, 0.3) is 0 Å². The highest BCUT2D eigenvalue weighted by molar-refractivity contribution is 5.88. The molecule has 5 nitrogen and oxygen atoms in total. The van der Waals surface area contributed by atoms with Crippen molar-refractivity contribution in [1.82, 2.24) is 10.2 Å². The minimum absolute atomic E-state index is 0.0178. The van der Waals surface area contributed by atoms with E-state index in [4.69, 9.17) is 4.74 Å². The summed E-state index contributed by atoms with van der Waals surface area (Å²) in [6, 6.07) is 14.8. The largest absolute Gasteiger partial charge is 0.497 e. The molecule has 2 rings (SSSR count). The quantitative estimate of drug-likeness (QED) is 0.760. The zero-order valence-corrected chi connectivity index (χ0v) is 17.4. The minimum atomic E-state index is -0.568. The number of methoxy groups -OCH3 is 1. The van der Waals surface area contributed by atoms with E-state index < -0.39 is 6.04 Å². The molecule has 2 aromatic rings. The summed E-state index contributed by atoms with van der Waals surface area (Å²) in [4.78, 5) is 27.4. The van der Waals surface area contributed by atoms with Crippen LogP contribution in [0, 0.1) is 6.92 Å². The fourth-order valence-corrected chi connectivity index (χ4v) is 2.99. The Balaban J connectivity index is 2.24. The van der Waals surface area contributed by atoms with E-state index in [2.05, 4.69) is 5.32 Å². The summed E-state index contributed by atoms with van der Waals surface area (Å²) in [6.45, 7) is 7.95. The first-order valence-electron chi connectivity index (χ1n) is 9.59. The van der Waals surface area contributed by atoms with Crippen molar-refractivity contribution >= 4 is 11.8 Å². The van der Waals surface area contributed by atoms with Gasteiger partial charge in [0.1, 0.15) is 11.8 Å². The fourth-order valence-electron chi connectivity index (χ4n) is 2.99. The van der Waals surface area contributed by atoms with Gasteiger partial charge in [-0.25, -0.2) is 0 Å². The van der Waals surface area contributed by atoms with Crippen molar-refractivity contribution in [3.05, 3.63) is 65.2 Å². The lowest BCUT2D eigenvalue weighted by atomic mass is 10.0. The van der Waals surface area contributed by atoms with Crippen LogP contribution in [0.2, 0.25) is 0 Å². The zero-order valence-electron chi connectivity index (χ0n) is 17.4. The number of nitrogens with one attached hydrogen (secondary N) is 1. The molecule has 28 heavy (non-hydrogen) atoms. The number of hydrogen-bond acceptors (Lipinski definition) is 3. The van der Waals surface area contributed by atoms with Crippen molar-refractivity contribution in [1.29, 1.82) is 0 Å². The van der Waals surface area contributed by atoms with E-state index in [1.165, 1.54) is 0 Å². The van der Waals surface area contributed by atoms with Crippen molar-refractivity contribution in [2.45, 2.75) is 52.7 Å². The summed E-state index contributed by atoms with van der Waals surface area (Å²) < 4.78 is 5.20. The lowest BCUT2D eigenvalue weighted by Crippen LogP contribution is -2.49. The van der Waals surface area contributed by atoms with Crippen LogP contribution < -0.4 is 10.1 Å². The molecule has 0 saturated heterocycles. The monoisotopic (exact) mass is 382 g/mol. The van der Waals surface area contributed by atoms with Crippen molar-refractivity contribution in [2.24, 2.45) is 0 Å². The fraction of sp³-hybridized carbons (Fsp3) is 0.391. The number of carbonyl (C=O) groups excluding carboxylic acids is 2. The maximum atomic E-state index is 13.1. The van der Waals surface area contributed by atoms with Gasteiger partial charge in [0.15, 0.2) is 0 Å². The van der Waals surface area contributed by atoms with Gasteiger partial charge in [-0.15, -0.1) is 0 Å². The summed E-state index contributed by atoms with van der Waals surface area (Å²) in [5.41, 5.74) is 2.99. The van der Waals surface area contributed by atoms with E-state index in [1.54, 1.807) is 18.9 Å². The van der Waals surface area contributed by atoms with Gasteiger partial charge in [-0.1, -0.05) is 36.4 Å². The minimum Gasteiger partial charge on any atom is -0.497 e. The number of nitrogens with zero attached hydrogens (tertiary/aromatic N) is 1. The molecule has 0 aromatic heterocycles.